The van der Waals surface area contributed by atoms with Gasteiger partial charge in [0.2, 0.25) is 5.91 Å². The number of halogens is 2. The van der Waals surface area contributed by atoms with E-state index in [2.05, 4.69) is 10.6 Å². The molecule has 0 saturated heterocycles. The summed E-state index contributed by atoms with van der Waals surface area (Å²) in [6.07, 6.45) is 0. The van der Waals surface area contributed by atoms with Crippen LogP contribution in [0.25, 0.3) is 0 Å². The van der Waals surface area contributed by atoms with Crippen LogP contribution in [0.15, 0.2) is 36.4 Å². The topological polar surface area (TPSA) is 59.6 Å². The highest BCUT2D eigenvalue weighted by Gasteiger charge is 2.11. The summed E-state index contributed by atoms with van der Waals surface area (Å²) in [6, 6.07) is 10.3. The van der Waals surface area contributed by atoms with Crippen molar-refractivity contribution >= 4 is 40.5 Å². The summed E-state index contributed by atoms with van der Waals surface area (Å²) < 4.78 is 10.3. The van der Waals surface area contributed by atoms with E-state index in [-0.39, 0.29) is 12.5 Å². The average molecular weight is 355 g/mol. The van der Waals surface area contributed by atoms with Gasteiger partial charge in [-0.3, -0.25) is 4.79 Å². The van der Waals surface area contributed by atoms with Gasteiger partial charge < -0.3 is 20.1 Å². The second-order valence-electron chi connectivity index (χ2n) is 4.56. The number of rotatable bonds is 6. The molecule has 0 aliphatic carbocycles. The molecule has 0 aliphatic rings. The van der Waals surface area contributed by atoms with Crippen LogP contribution in [-0.2, 0) is 4.79 Å². The van der Waals surface area contributed by atoms with Crippen LogP contribution in [0, 0.1) is 0 Å². The van der Waals surface area contributed by atoms with Crippen LogP contribution in [0.4, 0.5) is 11.4 Å². The van der Waals surface area contributed by atoms with E-state index in [1.165, 1.54) is 7.11 Å². The molecule has 2 N–H and O–H groups in total. The second kappa shape index (κ2) is 7.94. The Morgan fingerprint density at radius 3 is 2.39 bits per heavy atom. The van der Waals surface area contributed by atoms with Crippen LogP contribution >= 0.6 is 23.2 Å². The highest BCUT2D eigenvalue weighted by atomic mass is 35.5. The number of ether oxygens (including phenoxy) is 2. The largest absolute Gasteiger partial charge is 0.497 e. The van der Waals surface area contributed by atoms with Crippen molar-refractivity contribution in [3.8, 4) is 11.5 Å². The summed E-state index contributed by atoms with van der Waals surface area (Å²) in [5.74, 6) is 0.888. The van der Waals surface area contributed by atoms with Crippen molar-refractivity contribution in [3.05, 3.63) is 46.4 Å². The fourth-order valence-electron chi connectivity index (χ4n) is 1.93. The van der Waals surface area contributed by atoms with E-state index >= 15 is 0 Å². The summed E-state index contributed by atoms with van der Waals surface area (Å²) in [6.45, 7) is 0.0125. The van der Waals surface area contributed by atoms with Crippen molar-refractivity contribution < 1.29 is 14.3 Å². The standard InChI is InChI=1S/C16H16Cl2N2O3/c1-22-10-6-7-13(14(8-10)23-2)20-15(21)9-19-16-11(17)4-3-5-12(16)18/h3-8,19H,9H2,1-2H3,(H,20,21). The molecule has 2 rings (SSSR count). The molecule has 23 heavy (non-hydrogen) atoms. The molecule has 2 aromatic carbocycles. The molecule has 1 amide bonds. The van der Waals surface area contributed by atoms with E-state index in [1.54, 1.807) is 43.5 Å². The zero-order valence-electron chi connectivity index (χ0n) is 12.7. The minimum absolute atomic E-state index is 0.0125. The van der Waals surface area contributed by atoms with E-state index < -0.39 is 0 Å². The lowest BCUT2D eigenvalue weighted by atomic mass is 10.2. The predicted octanol–water partition coefficient (Wildman–Crippen LogP) is 4.06. The quantitative estimate of drug-likeness (QED) is 0.820. The van der Waals surface area contributed by atoms with Crippen molar-refractivity contribution in [2.75, 3.05) is 31.4 Å². The number of hydrogen-bond acceptors (Lipinski definition) is 4. The van der Waals surface area contributed by atoms with Crippen LogP contribution in [0.5, 0.6) is 11.5 Å². The molecule has 0 heterocycles. The molecule has 2 aromatic rings. The summed E-state index contributed by atoms with van der Waals surface area (Å²) in [5.41, 5.74) is 1.07. The average Bonchev–Trinajstić information content (AvgIpc) is 2.54. The SMILES string of the molecule is COc1ccc(NC(=O)CNc2c(Cl)cccc2Cl)c(OC)c1. The number of hydrogen-bond donors (Lipinski definition) is 2. The van der Waals surface area contributed by atoms with Crippen LogP contribution in [0.3, 0.4) is 0 Å². The Labute approximate surface area is 144 Å². The van der Waals surface area contributed by atoms with E-state index in [0.29, 0.717) is 32.9 Å². The third-order valence-electron chi connectivity index (χ3n) is 3.07. The van der Waals surface area contributed by atoms with Gasteiger partial charge in [0.25, 0.3) is 0 Å². The van der Waals surface area contributed by atoms with Crippen molar-refractivity contribution in [3.63, 3.8) is 0 Å². The monoisotopic (exact) mass is 354 g/mol. The molecule has 0 bridgehead atoms. The molecule has 5 nitrogen and oxygen atoms in total. The zero-order chi connectivity index (χ0) is 16.8. The number of nitrogens with one attached hydrogen (secondary N) is 2. The number of carbonyl (C=O) groups excluding carboxylic acids is 1. The fraction of sp³-hybridized carbons (Fsp3) is 0.188. The maximum Gasteiger partial charge on any atom is 0.243 e. The predicted molar refractivity (Wildman–Crippen MR) is 93.1 cm³/mol. The lowest BCUT2D eigenvalue weighted by Gasteiger charge is -2.13. The molecule has 0 aromatic heterocycles. The molecule has 0 spiro atoms. The Balaban J connectivity index is 2.03. The van der Waals surface area contributed by atoms with Crippen LogP contribution in [0.1, 0.15) is 0 Å². The molecule has 122 valence electrons. The Bertz CT molecular complexity index is 687. The molecule has 0 radical (unpaired) electrons. The summed E-state index contributed by atoms with van der Waals surface area (Å²) in [4.78, 5) is 12.1. The number of carbonyl (C=O) groups is 1. The molecule has 0 fully saturated rings. The number of anilines is 2. The van der Waals surface area contributed by atoms with E-state index in [0.717, 1.165) is 0 Å². The van der Waals surface area contributed by atoms with Crippen molar-refractivity contribution in [1.82, 2.24) is 0 Å². The summed E-state index contributed by atoms with van der Waals surface area (Å²) in [5, 5.41) is 6.58. The van der Waals surface area contributed by atoms with Crippen LogP contribution < -0.4 is 20.1 Å². The van der Waals surface area contributed by atoms with Crippen molar-refractivity contribution in [2.45, 2.75) is 0 Å². The van der Waals surface area contributed by atoms with Gasteiger partial charge in [-0.05, 0) is 24.3 Å². The van der Waals surface area contributed by atoms with Crippen molar-refractivity contribution in [1.29, 1.82) is 0 Å². The van der Waals surface area contributed by atoms with Gasteiger partial charge in [-0.15, -0.1) is 0 Å². The minimum Gasteiger partial charge on any atom is -0.497 e. The third-order valence-corrected chi connectivity index (χ3v) is 3.70. The highest BCUT2D eigenvalue weighted by molar-refractivity contribution is 6.39. The number of amides is 1. The first kappa shape index (κ1) is 17.2. The first-order valence-electron chi connectivity index (χ1n) is 6.75. The lowest BCUT2D eigenvalue weighted by molar-refractivity contribution is -0.114. The molecule has 0 atom stereocenters. The van der Waals surface area contributed by atoms with Crippen LogP contribution in [-0.4, -0.2) is 26.7 Å². The maximum absolute atomic E-state index is 12.1. The van der Waals surface area contributed by atoms with Gasteiger partial charge in [-0.1, -0.05) is 29.3 Å². The van der Waals surface area contributed by atoms with Gasteiger partial charge in [0.05, 0.1) is 42.2 Å². The molecule has 7 heteroatoms. The van der Waals surface area contributed by atoms with Gasteiger partial charge in [-0.2, -0.15) is 0 Å². The Hall–Kier alpha value is -2.11. The number of methoxy groups -OCH3 is 2. The number of benzene rings is 2. The highest BCUT2D eigenvalue weighted by Crippen LogP contribution is 2.30. The second-order valence-corrected chi connectivity index (χ2v) is 5.38. The first-order chi connectivity index (χ1) is 11.0. The van der Waals surface area contributed by atoms with Gasteiger partial charge >= 0.3 is 0 Å². The van der Waals surface area contributed by atoms with E-state index in [4.69, 9.17) is 32.7 Å². The van der Waals surface area contributed by atoms with Crippen LogP contribution in [0.2, 0.25) is 10.0 Å². The Morgan fingerprint density at radius 1 is 1.09 bits per heavy atom. The van der Waals surface area contributed by atoms with E-state index in [9.17, 15) is 4.79 Å². The Morgan fingerprint density at radius 2 is 1.78 bits per heavy atom. The summed E-state index contributed by atoms with van der Waals surface area (Å²) in [7, 11) is 3.08. The van der Waals surface area contributed by atoms with Gasteiger partial charge in [0.1, 0.15) is 11.5 Å². The van der Waals surface area contributed by atoms with Gasteiger partial charge in [-0.25, -0.2) is 0 Å². The first-order valence-corrected chi connectivity index (χ1v) is 7.50. The Kier molecular flexibility index (Phi) is 5.96. The normalized spacial score (nSPS) is 10.1. The van der Waals surface area contributed by atoms with E-state index in [1.807, 2.05) is 0 Å². The van der Waals surface area contributed by atoms with Crippen molar-refractivity contribution in [2.24, 2.45) is 0 Å². The third kappa shape index (κ3) is 4.43. The maximum atomic E-state index is 12.1. The van der Waals surface area contributed by atoms with Gasteiger partial charge in [0.15, 0.2) is 0 Å². The van der Waals surface area contributed by atoms with Gasteiger partial charge in [0, 0.05) is 6.07 Å². The summed E-state index contributed by atoms with van der Waals surface area (Å²) >= 11 is 12.1. The zero-order valence-corrected chi connectivity index (χ0v) is 14.2. The molecular formula is C16H16Cl2N2O3. The molecule has 0 unspecified atom stereocenters. The molecule has 0 aliphatic heterocycles. The smallest absolute Gasteiger partial charge is 0.243 e. The minimum atomic E-state index is -0.260. The fourth-order valence-corrected chi connectivity index (χ4v) is 2.46. The molecule has 0 saturated carbocycles. The number of para-hydroxylation sites is 1. The molecular weight excluding hydrogens is 339 g/mol. The lowest BCUT2D eigenvalue weighted by Crippen LogP contribution is -2.22.